The van der Waals surface area contributed by atoms with Crippen LogP contribution >= 0.6 is 11.6 Å². The molecule has 0 aliphatic rings. The van der Waals surface area contributed by atoms with Crippen LogP contribution in [-0.4, -0.2) is 17.1 Å². The van der Waals surface area contributed by atoms with Crippen LogP contribution in [0.4, 0.5) is 0 Å². The van der Waals surface area contributed by atoms with E-state index >= 15 is 0 Å². The van der Waals surface area contributed by atoms with Gasteiger partial charge in [0.2, 0.25) is 0 Å². The normalized spacial score (nSPS) is 14.0. The Morgan fingerprint density at radius 3 is 2.67 bits per heavy atom. The van der Waals surface area contributed by atoms with Crippen LogP contribution < -0.4 is 5.32 Å². The first-order valence-corrected chi connectivity index (χ1v) is 6.61. The molecule has 0 aliphatic heterocycles. The summed E-state index contributed by atoms with van der Waals surface area (Å²) >= 11 is 5.72. The summed E-state index contributed by atoms with van der Waals surface area (Å²) in [4.78, 5) is 11.9. The fourth-order valence-corrected chi connectivity index (χ4v) is 1.99. The average molecular weight is 270 g/mol. The van der Waals surface area contributed by atoms with E-state index in [4.69, 9.17) is 11.6 Å². The second kappa shape index (κ2) is 6.64. The van der Waals surface area contributed by atoms with Crippen molar-refractivity contribution in [3.63, 3.8) is 0 Å². The Kier molecular flexibility index (Phi) is 5.48. The zero-order valence-electron chi connectivity index (χ0n) is 11.0. The first-order valence-electron chi connectivity index (χ1n) is 6.23. The van der Waals surface area contributed by atoms with Gasteiger partial charge < -0.3 is 10.4 Å². The SMILES string of the molecule is CCC(C)CC(C)NC(=O)c1ccc(Cl)cc1O. The van der Waals surface area contributed by atoms with Crippen molar-refractivity contribution in [3.8, 4) is 5.75 Å². The highest BCUT2D eigenvalue weighted by Gasteiger charge is 2.15. The molecule has 2 N–H and O–H groups in total. The molecule has 2 unspecified atom stereocenters. The summed E-state index contributed by atoms with van der Waals surface area (Å²) in [6.07, 6.45) is 2.02. The highest BCUT2D eigenvalue weighted by molar-refractivity contribution is 6.30. The van der Waals surface area contributed by atoms with Crippen LogP contribution in [0.3, 0.4) is 0 Å². The van der Waals surface area contributed by atoms with Crippen molar-refractivity contribution in [2.45, 2.75) is 39.7 Å². The number of hydrogen-bond acceptors (Lipinski definition) is 2. The van der Waals surface area contributed by atoms with Crippen LogP contribution in [0.1, 0.15) is 44.0 Å². The molecule has 0 radical (unpaired) electrons. The lowest BCUT2D eigenvalue weighted by molar-refractivity contribution is 0.0932. The van der Waals surface area contributed by atoms with Crippen molar-refractivity contribution in [2.24, 2.45) is 5.92 Å². The van der Waals surface area contributed by atoms with Crippen LogP contribution in [0.5, 0.6) is 5.75 Å². The van der Waals surface area contributed by atoms with Crippen molar-refractivity contribution in [1.82, 2.24) is 5.32 Å². The van der Waals surface area contributed by atoms with Crippen LogP contribution in [0, 0.1) is 5.92 Å². The molecule has 0 saturated carbocycles. The monoisotopic (exact) mass is 269 g/mol. The van der Waals surface area contributed by atoms with Crippen LogP contribution in [0.15, 0.2) is 18.2 Å². The minimum absolute atomic E-state index is 0.0857. The zero-order chi connectivity index (χ0) is 13.7. The van der Waals surface area contributed by atoms with E-state index in [1.165, 1.54) is 12.1 Å². The molecule has 18 heavy (non-hydrogen) atoms. The molecule has 1 aromatic rings. The minimum Gasteiger partial charge on any atom is -0.507 e. The van der Waals surface area contributed by atoms with Gasteiger partial charge in [-0.05, 0) is 37.5 Å². The van der Waals surface area contributed by atoms with E-state index in [-0.39, 0.29) is 23.3 Å². The number of phenols is 1. The third-order valence-electron chi connectivity index (χ3n) is 3.03. The molecule has 0 aliphatic carbocycles. The Hall–Kier alpha value is -1.22. The molecule has 3 nitrogen and oxygen atoms in total. The van der Waals surface area contributed by atoms with Gasteiger partial charge in [-0.25, -0.2) is 0 Å². The molecular weight excluding hydrogens is 250 g/mol. The van der Waals surface area contributed by atoms with E-state index in [0.717, 1.165) is 12.8 Å². The number of hydrogen-bond donors (Lipinski definition) is 2. The third kappa shape index (κ3) is 4.22. The number of benzene rings is 1. The van der Waals surface area contributed by atoms with Gasteiger partial charge in [-0.15, -0.1) is 0 Å². The van der Waals surface area contributed by atoms with E-state index in [1.807, 2.05) is 6.92 Å². The highest BCUT2D eigenvalue weighted by Crippen LogP contribution is 2.22. The molecule has 0 fully saturated rings. The van der Waals surface area contributed by atoms with Gasteiger partial charge in [0.25, 0.3) is 5.91 Å². The Balaban J connectivity index is 2.65. The molecule has 0 heterocycles. The van der Waals surface area contributed by atoms with Gasteiger partial charge in [-0.3, -0.25) is 4.79 Å². The molecule has 1 rings (SSSR count). The Morgan fingerprint density at radius 2 is 2.11 bits per heavy atom. The lowest BCUT2D eigenvalue weighted by atomic mass is 10.00. The molecule has 2 atom stereocenters. The molecule has 0 saturated heterocycles. The summed E-state index contributed by atoms with van der Waals surface area (Å²) in [5, 5.41) is 13.0. The van der Waals surface area contributed by atoms with Gasteiger partial charge >= 0.3 is 0 Å². The Labute approximate surface area is 113 Å². The first kappa shape index (κ1) is 14.8. The van der Waals surface area contributed by atoms with Crippen LogP contribution in [-0.2, 0) is 0 Å². The molecule has 1 aromatic carbocycles. The standard InChI is InChI=1S/C14H20ClNO2/c1-4-9(2)7-10(3)16-14(18)12-6-5-11(15)8-13(12)17/h5-6,8-10,17H,4,7H2,1-3H3,(H,16,18). The quantitative estimate of drug-likeness (QED) is 0.858. The fraction of sp³-hybridized carbons (Fsp3) is 0.500. The van der Waals surface area contributed by atoms with E-state index in [0.29, 0.717) is 10.9 Å². The number of halogens is 1. The maximum absolute atomic E-state index is 11.9. The zero-order valence-corrected chi connectivity index (χ0v) is 11.8. The largest absolute Gasteiger partial charge is 0.507 e. The number of nitrogens with one attached hydrogen (secondary N) is 1. The molecule has 0 aromatic heterocycles. The van der Waals surface area contributed by atoms with Crippen LogP contribution in [0.25, 0.3) is 0 Å². The second-order valence-electron chi connectivity index (χ2n) is 4.79. The Bertz CT molecular complexity index is 420. The molecule has 1 amide bonds. The smallest absolute Gasteiger partial charge is 0.255 e. The second-order valence-corrected chi connectivity index (χ2v) is 5.22. The number of carbonyl (C=O) groups excluding carboxylic acids is 1. The number of aromatic hydroxyl groups is 1. The summed E-state index contributed by atoms with van der Waals surface area (Å²) in [7, 11) is 0. The Morgan fingerprint density at radius 1 is 1.44 bits per heavy atom. The van der Waals surface area contributed by atoms with Gasteiger partial charge in [0.05, 0.1) is 5.56 Å². The summed E-state index contributed by atoms with van der Waals surface area (Å²) in [6, 6.07) is 4.58. The molecule has 100 valence electrons. The minimum atomic E-state index is -0.264. The topological polar surface area (TPSA) is 49.3 Å². The average Bonchev–Trinajstić information content (AvgIpc) is 2.28. The lowest BCUT2D eigenvalue weighted by Crippen LogP contribution is -2.33. The number of amides is 1. The predicted octanol–water partition coefficient (Wildman–Crippen LogP) is 3.60. The van der Waals surface area contributed by atoms with Crippen molar-refractivity contribution in [2.75, 3.05) is 0 Å². The summed E-state index contributed by atoms with van der Waals surface area (Å²) in [6.45, 7) is 6.25. The molecule has 0 bridgehead atoms. The fourth-order valence-electron chi connectivity index (χ4n) is 1.83. The van der Waals surface area contributed by atoms with E-state index in [1.54, 1.807) is 6.07 Å². The third-order valence-corrected chi connectivity index (χ3v) is 3.27. The van der Waals surface area contributed by atoms with Gasteiger partial charge in [-0.1, -0.05) is 31.9 Å². The van der Waals surface area contributed by atoms with Crippen molar-refractivity contribution in [3.05, 3.63) is 28.8 Å². The number of carbonyl (C=O) groups is 1. The molecular formula is C14H20ClNO2. The number of phenolic OH excluding ortho intramolecular Hbond substituents is 1. The van der Waals surface area contributed by atoms with E-state index in [9.17, 15) is 9.90 Å². The van der Waals surface area contributed by atoms with Crippen LogP contribution in [0.2, 0.25) is 5.02 Å². The summed E-state index contributed by atoms with van der Waals surface area (Å²) in [5.74, 6) is 0.217. The van der Waals surface area contributed by atoms with E-state index in [2.05, 4.69) is 19.2 Å². The lowest BCUT2D eigenvalue weighted by Gasteiger charge is -2.17. The van der Waals surface area contributed by atoms with Gasteiger partial charge in [-0.2, -0.15) is 0 Å². The summed E-state index contributed by atoms with van der Waals surface area (Å²) in [5.41, 5.74) is 0.260. The highest BCUT2D eigenvalue weighted by atomic mass is 35.5. The first-order chi connectivity index (χ1) is 8.43. The summed E-state index contributed by atoms with van der Waals surface area (Å²) < 4.78 is 0. The molecule has 4 heteroatoms. The van der Waals surface area contributed by atoms with Gasteiger partial charge in [0.15, 0.2) is 0 Å². The van der Waals surface area contributed by atoms with Gasteiger partial charge in [0.1, 0.15) is 5.75 Å². The molecule has 0 spiro atoms. The van der Waals surface area contributed by atoms with Crippen molar-refractivity contribution in [1.29, 1.82) is 0 Å². The van der Waals surface area contributed by atoms with Crippen molar-refractivity contribution < 1.29 is 9.90 Å². The van der Waals surface area contributed by atoms with Crippen molar-refractivity contribution >= 4 is 17.5 Å². The van der Waals surface area contributed by atoms with E-state index < -0.39 is 0 Å². The predicted molar refractivity (Wildman–Crippen MR) is 74.1 cm³/mol. The number of rotatable bonds is 5. The maximum Gasteiger partial charge on any atom is 0.255 e. The maximum atomic E-state index is 11.9. The van der Waals surface area contributed by atoms with Gasteiger partial charge in [0, 0.05) is 11.1 Å².